The smallest absolute Gasteiger partial charge is 0.365 e. The van der Waals surface area contributed by atoms with E-state index in [0.717, 1.165) is 4.88 Å². The second-order valence-electron chi connectivity index (χ2n) is 3.88. The summed E-state index contributed by atoms with van der Waals surface area (Å²) in [5.41, 5.74) is 1.07. The van der Waals surface area contributed by atoms with Gasteiger partial charge in [0.1, 0.15) is 5.75 Å². The molecule has 0 bridgehead atoms. The van der Waals surface area contributed by atoms with Crippen molar-refractivity contribution in [3.8, 4) is 5.75 Å². The second kappa shape index (κ2) is 6.67. The van der Waals surface area contributed by atoms with E-state index < -0.39 is 5.97 Å². The fourth-order valence-electron chi connectivity index (χ4n) is 1.49. The lowest BCUT2D eigenvalue weighted by atomic mass is 10.2. The van der Waals surface area contributed by atoms with Crippen molar-refractivity contribution in [2.45, 2.75) is 6.92 Å². The number of ether oxygens (including phenoxy) is 1. The van der Waals surface area contributed by atoms with E-state index in [1.807, 2.05) is 17.5 Å². The Hall–Kier alpha value is -1.66. The van der Waals surface area contributed by atoms with E-state index in [9.17, 15) is 4.79 Å². The molecule has 2 aromatic rings. The van der Waals surface area contributed by atoms with Crippen molar-refractivity contribution in [3.63, 3.8) is 0 Å². The minimum absolute atomic E-state index is 0.403. The molecule has 0 N–H and O–H groups in total. The first-order valence-corrected chi connectivity index (χ1v) is 7.42. The van der Waals surface area contributed by atoms with Gasteiger partial charge in [0.2, 0.25) is 0 Å². The summed E-state index contributed by atoms with van der Waals surface area (Å²) in [4.78, 5) is 17.8. The van der Waals surface area contributed by atoms with Crippen molar-refractivity contribution in [3.05, 3.63) is 50.6 Å². The zero-order valence-electron chi connectivity index (χ0n) is 10.9. The molecule has 0 aliphatic carbocycles. The maximum Gasteiger partial charge on any atom is 0.365 e. The van der Waals surface area contributed by atoms with Crippen LogP contribution >= 0.6 is 27.3 Å². The van der Waals surface area contributed by atoms with E-state index in [0.29, 0.717) is 21.5 Å². The van der Waals surface area contributed by atoms with Crippen LogP contribution in [0.2, 0.25) is 0 Å². The predicted octanol–water partition coefficient (Wildman–Crippen LogP) is 4.10. The summed E-state index contributed by atoms with van der Waals surface area (Å²) in [5, 5.41) is 5.79. The molecule has 0 spiro atoms. The van der Waals surface area contributed by atoms with Gasteiger partial charge in [-0.3, -0.25) is 0 Å². The molecule has 0 radical (unpaired) electrons. The number of thiophene rings is 1. The maximum absolute atomic E-state index is 11.9. The summed E-state index contributed by atoms with van der Waals surface area (Å²) in [6, 6.07) is 8.79. The highest BCUT2D eigenvalue weighted by atomic mass is 79.9. The van der Waals surface area contributed by atoms with Crippen molar-refractivity contribution in [2.75, 3.05) is 7.11 Å². The van der Waals surface area contributed by atoms with Gasteiger partial charge in [-0.1, -0.05) is 11.2 Å². The molecule has 0 unspecified atom stereocenters. The largest absolute Gasteiger partial charge is 0.496 e. The van der Waals surface area contributed by atoms with Gasteiger partial charge in [-0.15, -0.1) is 11.3 Å². The van der Waals surface area contributed by atoms with Crippen molar-refractivity contribution in [1.82, 2.24) is 0 Å². The van der Waals surface area contributed by atoms with E-state index in [2.05, 4.69) is 21.1 Å². The molecule has 6 heteroatoms. The molecular formula is C14H12BrNO3S. The SMILES string of the molecule is COc1ccc(C(=O)O/N=C(/C)c2cccs2)cc1Br. The van der Waals surface area contributed by atoms with E-state index in [-0.39, 0.29) is 0 Å². The molecule has 0 aliphatic rings. The molecule has 1 aromatic carbocycles. The Morgan fingerprint density at radius 1 is 1.35 bits per heavy atom. The van der Waals surface area contributed by atoms with E-state index in [1.165, 1.54) is 11.3 Å². The van der Waals surface area contributed by atoms with Crippen LogP contribution in [0.25, 0.3) is 0 Å². The summed E-state index contributed by atoms with van der Waals surface area (Å²) in [5.74, 6) is 0.143. The van der Waals surface area contributed by atoms with E-state index >= 15 is 0 Å². The first-order valence-electron chi connectivity index (χ1n) is 5.75. The molecule has 0 atom stereocenters. The average molecular weight is 354 g/mol. The summed E-state index contributed by atoms with van der Waals surface area (Å²) < 4.78 is 5.79. The number of hydrogen-bond acceptors (Lipinski definition) is 5. The van der Waals surface area contributed by atoms with Gasteiger partial charge >= 0.3 is 5.97 Å². The van der Waals surface area contributed by atoms with Crippen molar-refractivity contribution < 1.29 is 14.4 Å². The molecule has 4 nitrogen and oxygen atoms in total. The molecule has 1 heterocycles. The van der Waals surface area contributed by atoms with Gasteiger partial charge < -0.3 is 9.57 Å². The third kappa shape index (κ3) is 3.46. The Bertz CT molecular complexity index is 638. The van der Waals surface area contributed by atoms with Gasteiger partial charge in [-0.05, 0) is 52.5 Å². The summed E-state index contributed by atoms with van der Waals surface area (Å²) >= 11 is 4.86. The number of oxime groups is 1. The van der Waals surface area contributed by atoms with Crippen LogP contribution < -0.4 is 4.74 Å². The number of benzene rings is 1. The fraction of sp³-hybridized carbons (Fsp3) is 0.143. The molecule has 0 fully saturated rings. The van der Waals surface area contributed by atoms with Crippen LogP contribution in [0.4, 0.5) is 0 Å². The molecule has 2 rings (SSSR count). The minimum Gasteiger partial charge on any atom is -0.496 e. The number of nitrogens with zero attached hydrogens (tertiary/aromatic N) is 1. The molecule has 104 valence electrons. The highest BCUT2D eigenvalue weighted by molar-refractivity contribution is 9.10. The van der Waals surface area contributed by atoms with Crippen molar-refractivity contribution >= 4 is 38.9 Å². The lowest BCUT2D eigenvalue weighted by Gasteiger charge is -2.04. The molecule has 0 aliphatic heterocycles. The van der Waals surface area contributed by atoms with Crippen molar-refractivity contribution in [1.29, 1.82) is 0 Å². The highest BCUT2D eigenvalue weighted by Crippen LogP contribution is 2.25. The molecular weight excluding hydrogens is 342 g/mol. The van der Waals surface area contributed by atoms with Crippen molar-refractivity contribution in [2.24, 2.45) is 5.16 Å². The lowest BCUT2D eigenvalue weighted by Crippen LogP contribution is -2.03. The first-order chi connectivity index (χ1) is 9.61. The van der Waals surface area contributed by atoms with Crippen LogP contribution in [-0.4, -0.2) is 18.8 Å². The van der Waals surface area contributed by atoms with Gasteiger partial charge in [0.25, 0.3) is 0 Å². The van der Waals surface area contributed by atoms with Gasteiger partial charge in [0.05, 0.1) is 27.7 Å². The van der Waals surface area contributed by atoms with E-state index in [4.69, 9.17) is 9.57 Å². The minimum atomic E-state index is -0.510. The predicted molar refractivity (Wildman–Crippen MR) is 82.6 cm³/mol. The van der Waals surface area contributed by atoms with E-state index in [1.54, 1.807) is 32.2 Å². The van der Waals surface area contributed by atoms with Gasteiger partial charge in [-0.25, -0.2) is 4.79 Å². The van der Waals surface area contributed by atoms with Crippen LogP contribution in [0.15, 0.2) is 45.3 Å². The standard InChI is InChI=1S/C14H12BrNO3S/c1-9(13-4-3-7-20-13)16-19-14(17)10-5-6-12(18-2)11(15)8-10/h3-8H,1-2H3/b16-9-. The normalized spacial score (nSPS) is 11.2. The quantitative estimate of drug-likeness (QED) is 0.472. The molecule has 0 amide bonds. The summed E-state index contributed by atoms with van der Waals surface area (Å²) in [6.07, 6.45) is 0. The van der Waals surface area contributed by atoms with Crippen LogP contribution in [0.5, 0.6) is 5.75 Å². The number of methoxy groups -OCH3 is 1. The van der Waals surface area contributed by atoms with Gasteiger partial charge in [-0.2, -0.15) is 0 Å². The third-order valence-electron chi connectivity index (χ3n) is 2.53. The van der Waals surface area contributed by atoms with Crippen LogP contribution in [-0.2, 0) is 4.84 Å². The summed E-state index contributed by atoms with van der Waals surface area (Å²) in [7, 11) is 1.56. The lowest BCUT2D eigenvalue weighted by molar-refractivity contribution is 0.0516. The van der Waals surface area contributed by atoms with Crippen LogP contribution in [0.1, 0.15) is 22.2 Å². The molecule has 0 saturated heterocycles. The number of carbonyl (C=O) groups is 1. The third-order valence-corrected chi connectivity index (χ3v) is 4.13. The van der Waals surface area contributed by atoms with Crippen LogP contribution in [0.3, 0.4) is 0 Å². The zero-order chi connectivity index (χ0) is 14.5. The fourth-order valence-corrected chi connectivity index (χ4v) is 2.69. The summed E-state index contributed by atoms with van der Waals surface area (Å²) in [6.45, 7) is 1.79. The van der Waals surface area contributed by atoms with Gasteiger partial charge in [0, 0.05) is 0 Å². The zero-order valence-corrected chi connectivity index (χ0v) is 13.3. The molecule has 0 saturated carbocycles. The number of hydrogen-bond donors (Lipinski definition) is 0. The average Bonchev–Trinajstić information content (AvgIpc) is 2.98. The van der Waals surface area contributed by atoms with Gasteiger partial charge in [0.15, 0.2) is 0 Å². The number of rotatable bonds is 4. The molecule has 20 heavy (non-hydrogen) atoms. The maximum atomic E-state index is 11.9. The Balaban J connectivity index is 2.09. The Morgan fingerprint density at radius 2 is 2.15 bits per heavy atom. The number of carbonyl (C=O) groups excluding carboxylic acids is 1. The highest BCUT2D eigenvalue weighted by Gasteiger charge is 2.11. The Morgan fingerprint density at radius 3 is 2.75 bits per heavy atom. The monoisotopic (exact) mass is 353 g/mol. The topological polar surface area (TPSA) is 47.9 Å². The number of halogens is 1. The first kappa shape index (κ1) is 14.7. The molecule has 1 aromatic heterocycles. The Kier molecular flexibility index (Phi) is 4.92. The second-order valence-corrected chi connectivity index (χ2v) is 5.68. The Labute approximate surface area is 129 Å². The van der Waals surface area contributed by atoms with Crippen LogP contribution in [0, 0.1) is 0 Å².